The number of nitrogens with zero attached hydrogens (tertiary/aromatic N) is 2. The standard InChI is InChI=1S/C20H21N3O2S/c1-14(2)19-13-18-17(9-10-21-20(18)22-19)15-5-7-16(8-6-15)26(24,25)23-11-3-4-12-23/h5-10,13H,1,3-4,11-12H2,2H3,(H,21,22). The summed E-state index contributed by atoms with van der Waals surface area (Å²) in [6, 6.07) is 11.1. The van der Waals surface area contributed by atoms with Crippen LogP contribution in [0.3, 0.4) is 0 Å². The minimum absolute atomic E-state index is 0.352. The lowest BCUT2D eigenvalue weighted by Crippen LogP contribution is -2.27. The normalized spacial score (nSPS) is 15.6. The highest BCUT2D eigenvalue weighted by atomic mass is 32.2. The van der Waals surface area contributed by atoms with Crippen molar-refractivity contribution in [3.8, 4) is 11.1 Å². The van der Waals surface area contributed by atoms with E-state index >= 15 is 0 Å². The zero-order valence-electron chi connectivity index (χ0n) is 14.7. The summed E-state index contributed by atoms with van der Waals surface area (Å²) in [5.74, 6) is 0. The van der Waals surface area contributed by atoms with E-state index in [0.29, 0.717) is 18.0 Å². The van der Waals surface area contributed by atoms with Crippen molar-refractivity contribution < 1.29 is 8.42 Å². The molecule has 6 heteroatoms. The molecule has 1 saturated heterocycles. The molecule has 134 valence electrons. The average molecular weight is 367 g/mol. The second-order valence-electron chi connectivity index (χ2n) is 6.72. The Morgan fingerprint density at radius 2 is 1.85 bits per heavy atom. The Labute approximate surface area is 153 Å². The summed E-state index contributed by atoms with van der Waals surface area (Å²) >= 11 is 0. The van der Waals surface area contributed by atoms with Gasteiger partial charge in [0, 0.05) is 30.4 Å². The van der Waals surface area contributed by atoms with E-state index in [-0.39, 0.29) is 0 Å². The van der Waals surface area contributed by atoms with E-state index in [2.05, 4.69) is 16.5 Å². The van der Waals surface area contributed by atoms with Crippen molar-refractivity contribution in [3.05, 3.63) is 54.9 Å². The zero-order valence-corrected chi connectivity index (χ0v) is 15.5. The minimum Gasteiger partial charge on any atom is -0.339 e. The Morgan fingerprint density at radius 3 is 2.50 bits per heavy atom. The Kier molecular flexibility index (Phi) is 4.17. The van der Waals surface area contributed by atoms with Gasteiger partial charge in [-0.25, -0.2) is 13.4 Å². The summed E-state index contributed by atoms with van der Waals surface area (Å²) in [6.07, 6.45) is 3.63. The third kappa shape index (κ3) is 2.85. The van der Waals surface area contributed by atoms with Gasteiger partial charge in [-0.2, -0.15) is 4.31 Å². The first-order valence-electron chi connectivity index (χ1n) is 8.71. The molecule has 3 aromatic rings. The maximum Gasteiger partial charge on any atom is 0.243 e. The maximum absolute atomic E-state index is 12.7. The number of benzene rings is 1. The number of H-pyrrole nitrogens is 1. The van der Waals surface area contributed by atoms with Crippen molar-refractivity contribution in [2.45, 2.75) is 24.7 Å². The molecular formula is C20H21N3O2S. The Bertz CT molecular complexity index is 1080. The summed E-state index contributed by atoms with van der Waals surface area (Å²) < 4.78 is 26.9. The average Bonchev–Trinajstić information content (AvgIpc) is 3.31. The van der Waals surface area contributed by atoms with Crippen LogP contribution in [0.2, 0.25) is 0 Å². The lowest BCUT2D eigenvalue weighted by Gasteiger charge is -2.15. The van der Waals surface area contributed by atoms with Crippen LogP contribution in [-0.4, -0.2) is 35.8 Å². The Morgan fingerprint density at radius 1 is 1.15 bits per heavy atom. The van der Waals surface area contributed by atoms with Gasteiger partial charge in [-0.15, -0.1) is 0 Å². The molecular weight excluding hydrogens is 346 g/mol. The lowest BCUT2D eigenvalue weighted by atomic mass is 10.0. The summed E-state index contributed by atoms with van der Waals surface area (Å²) in [6.45, 7) is 7.14. The predicted molar refractivity (Wildman–Crippen MR) is 104 cm³/mol. The van der Waals surface area contributed by atoms with Gasteiger partial charge in [-0.05, 0) is 60.7 Å². The Hall–Kier alpha value is -2.44. The van der Waals surface area contributed by atoms with Gasteiger partial charge in [0.25, 0.3) is 0 Å². The van der Waals surface area contributed by atoms with Gasteiger partial charge >= 0.3 is 0 Å². The Balaban J connectivity index is 1.73. The van der Waals surface area contributed by atoms with Crippen molar-refractivity contribution >= 4 is 26.6 Å². The minimum atomic E-state index is -3.38. The first-order valence-corrected chi connectivity index (χ1v) is 10.1. The quantitative estimate of drug-likeness (QED) is 0.756. The second kappa shape index (κ2) is 6.37. The molecule has 0 radical (unpaired) electrons. The van der Waals surface area contributed by atoms with Crippen molar-refractivity contribution in [1.82, 2.24) is 14.3 Å². The van der Waals surface area contributed by atoms with Crippen LogP contribution in [0.1, 0.15) is 25.5 Å². The van der Waals surface area contributed by atoms with Gasteiger partial charge in [0.1, 0.15) is 5.65 Å². The molecule has 0 aliphatic carbocycles. The largest absolute Gasteiger partial charge is 0.339 e. The van der Waals surface area contributed by atoms with E-state index < -0.39 is 10.0 Å². The molecule has 0 spiro atoms. The van der Waals surface area contributed by atoms with Crippen LogP contribution in [0.4, 0.5) is 0 Å². The van der Waals surface area contributed by atoms with E-state index in [1.54, 1.807) is 22.6 Å². The predicted octanol–water partition coefficient (Wildman–Crippen LogP) is 4.05. The molecule has 0 saturated carbocycles. The molecule has 1 aliphatic heterocycles. The first-order chi connectivity index (χ1) is 12.5. The van der Waals surface area contributed by atoms with E-state index in [9.17, 15) is 8.42 Å². The molecule has 0 amide bonds. The van der Waals surface area contributed by atoms with Gasteiger partial charge in [0.15, 0.2) is 0 Å². The lowest BCUT2D eigenvalue weighted by molar-refractivity contribution is 0.477. The second-order valence-corrected chi connectivity index (χ2v) is 8.66. The fourth-order valence-corrected chi connectivity index (χ4v) is 4.91. The van der Waals surface area contributed by atoms with Gasteiger partial charge in [-0.1, -0.05) is 18.7 Å². The molecule has 1 aromatic carbocycles. The summed E-state index contributed by atoms with van der Waals surface area (Å²) in [5.41, 5.74) is 4.68. The van der Waals surface area contributed by atoms with Crippen LogP contribution in [0.5, 0.6) is 0 Å². The first kappa shape index (κ1) is 17.0. The van der Waals surface area contributed by atoms with Crippen molar-refractivity contribution in [1.29, 1.82) is 0 Å². The molecule has 1 N–H and O–H groups in total. The van der Waals surface area contributed by atoms with Gasteiger partial charge in [-0.3, -0.25) is 0 Å². The highest BCUT2D eigenvalue weighted by Crippen LogP contribution is 2.31. The van der Waals surface area contributed by atoms with E-state index in [1.165, 1.54) is 0 Å². The molecule has 0 atom stereocenters. The van der Waals surface area contributed by atoms with Gasteiger partial charge in [0.05, 0.1) is 4.90 Å². The number of aromatic nitrogens is 2. The molecule has 0 bridgehead atoms. The SMILES string of the molecule is C=C(C)c1cc2c(-c3ccc(S(=O)(=O)N4CCCC4)cc3)ccnc2[nH]1. The molecule has 3 heterocycles. The highest BCUT2D eigenvalue weighted by Gasteiger charge is 2.27. The van der Waals surface area contributed by atoms with E-state index in [1.807, 2.05) is 31.2 Å². The molecule has 1 fully saturated rings. The number of allylic oxidation sites excluding steroid dienone is 1. The summed E-state index contributed by atoms with van der Waals surface area (Å²) in [7, 11) is -3.38. The number of nitrogens with one attached hydrogen (secondary N) is 1. The number of hydrogen-bond acceptors (Lipinski definition) is 3. The van der Waals surface area contributed by atoms with Crippen LogP contribution >= 0.6 is 0 Å². The number of fused-ring (bicyclic) bond motifs is 1. The molecule has 26 heavy (non-hydrogen) atoms. The van der Waals surface area contributed by atoms with Crippen LogP contribution in [0.15, 0.2) is 54.1 Å². The third-order valence-corrected chi connectivity index (χ3v) is 6.77. The topological polar surface area (TPSA) is 66.1 Å². The van der Waals surface area contributed by atoms with Crippen LogP contribution < -0.4 is 0 Å². The van der Waals surface area contributed by atoms with E-state index in [0.717, 1.165) is 46.3 Å². The van der Waals surface area contributed by atoms with Crippen molar-refractivity contribution in [2.75, 3.05) is 13.1 Å². The van der Waals surface area contributed by atoms with Crippen LogP contribution in [0, 0.1) is 0 Å². The van der Waals surface area contributed by atoms with Gasteiger partial charge in [0.2, 0.25) is 10.0 Å². The number of pyridine rings is 1. The van der Waals surface area contributed by atoms with Crippen molar-refractivity contribution in [2.24, 2.45) is 0 Å². The molecule has 0 unspecified atom stereocenters. The smallest absolute Gasteiger partial charge is 0.243 e. The molecule has 5 nitrogen and oxygen atoms in total. The number of sulfonamides is 1. The molecule has 4 rings (SSSR count). The summed E-state index contributed by atoms with van der Waals surface area (Å²) in [5, 5.41) is 1.00. The van der Waals surface area contributed by atoms with Gasteiger partial charge < -0.3 is 4.98 Å². The summed E-state index contributed by atoms with van der Waals surface area (Å²) in [4.78, 5) is 8.00. The zero-order chi connectivity index (χ0) is 18.3. The fourth-order valence-electron chi connectivity index (χ4n) is 3.39. The van der Waals surface area contributed by atoms with E-state index in [4.69, 9.17) is 0 Å². The van der Waals surface area contributed by atoms with Crippen molar-refractivity contribution in [3.63, 3.8) is 0 Å². The monoisotopic (exact) mass is 367 g/mol. The fraction of sp³-hybridized carbons (Fsp3) is 0.250. The third-order valence-electron chi connectivity index (χ3n) is 4.86. The van der Waals surface area contributed by atoms with Crippen LogP contribution in [0.25, 0.3) is 27.7 Å². The molecule has 1 aliphatic rings. The highest BCUT2D eigenvalue weighted by molar-refractivity contribution is 7.89. The molecule has 2 aromatic heterocycles. The maximum atomic E-state index is 12.7. The van der Waals surface area contributed by atoms with Crippen LogP contribution in [-0.2, 0) is 10.0 Å². The number of rotatable bonds is 4. The number of aromatic amines is 1. The number of hydrogen-bond donors (Lipinski definition) is 1.